The maximum atomic E-state index is 12.5. The fourth-order valence-electron chi connectivity index (χ4n) is 3.46. The Bertz CT molecular complexity index is 1310. The van der Waals surface area contributed by atoms with Crippen LogP contribution in [0.15, 0.2) is 78.9 Å². The van der Waals surface area contributed by atoms with Gasteiger partial charge in [-0.3, -0.25) is 4.79 Å². The molecule has 2 aromatic heterocycles. The SMILES string of the molecule is O=C(Cn1c2ccccc2c2nc3ccccc3nc21)OCc1ccccc1. The van der Waals surface area contributed by atoms with Gasteiger partial charge < -0.3 is 9.30 Å². The molecule has 5 rings (SSSR count). The summed E-state index contributed by atoms with van der Waals surface area (Å²) in [6.45, 7) is 0.343. The van der Waals surface area contributed by atoms with Crippen molar-refractivity contribution in [3.8, 4) is 0 Å². The second kappa shape index (κ2) is 6.78. The Morgan fingerprint density at radius 2 is 1.50 bits per heavy atom. The van der Waals surface area contributed by atoms with Crippen LogP contribution in [0.1, 0.15) is 5.56 Å². The molecule has 0 aliphatic carbocycles. The van der Waals surface area contributed by atoms with Crippen LogP contribution in [0.25, 0.3) is 33.1 Å². The number of nitrogens with zero attached hydrogens (tertiary/aromatic N) is 3. The van der Waals surface area contributed by atoms with Gasteiger partial charge in [0.2, 0.25) is 0 Å². The third-order valence-corrected chi connectivity index (χ3v) is 4.79. The highest BCUT2D eigenvalue weighted by atomic mass is 16.5. The summed E-state index contributed by atoms with van der Waals surface area (Å²) in [4.78, 5) is 22.1. The highest BCUT2D eigenvalue weighted by molar-refractivity contribution is 6.06. The van der Waals surface area contributed by atoms with E-state index >= 15 is 0 Å². The largest absolute Gasteiger partial charge is 0.459 e. The highest BCUT2D eigenvalue weighted by Crippen LogP contribution is 2.28. The first kappa shape index (κ1) is 16.4. The minimum absolute atomic E-state index is 0.0872. The van der Waals surface area contributed by atoms with Crippen molar-refractivity contribution >= 4 is 39.1 Å². The summed E-state index contributed by atoms with van der Waals surface area (Å²) >= 11 is 0. The zero-order chi connectivity index (χ0) is 18.9. The summed E-state index contributed by atoms with van der Waals surface area (Å²) in [7, 11) is 0. The molecule has 0 radical (unpaired) electrons. The summed E-state index contributed by atoms with van der Waals surface area (Å²) in [5.74, 6) is -0.304. The number of carbonyl (C=O) groups excluding carboxylic acids is 1. The van der Waals surface area contributed by atoms with Gasteiger partial charge in [0.05, 0.1) is 16.6 Å². The molecule has 3 aromatic carbocycles. The Balaban J connectivity index is 1.55. The lowest BCUT2D eigenvalue weighted by atomic mass is 10.2. The van der Waals surface area contributed by atoms with Crippen LogP contribution in [0.5, 0.6) is 0 Å². The maximum absolute atomic E-state index is 12.5. The van der Waals surface area contributed by atoms with E-state index in [0.717, 1.165) is 33.0 Å². The summed E-state index contributed by atoms with van der Waals surface area (Å²) < 4.78 is 7.37. The lowest BCUT2D eigenvalue weighted by molar-refractivity contribution is -0.145. The van der Waals surface area contributed by atoms with Gasteiger partial charge >= 0.3 is 5.97 Å². The number of carbonyl (C=O) groups is 1. The third kappa shape index (κ3) is 2.87. The summed E-state index contributed by atoms with van der Waals surface area (Å²) in [5.41, 5.74) is 5.01. The van der Waals surface area contributed by atoms with Crippen molar-refractivity contribution in [2.24, 2.45) is 0 Å². The first-order chi connectivity index (χ1) is 13.8. The molecule has 0 aliphatic rings. The average Bonchev–Trinajstić information content (AvgIpc) is 3.04. The number of rotatable bonds is 4. The molecule has 0 bridgehead atoms. The zero-order valence-electron chi connectivity index (χ0n) is 15.1. The van der Waals surface area contributed by atoms with Gasteiger partial charge in [-0.15, -0.1) is 0 Å². The number of benzene rings is 3. The van der Waals surface area contributed by atoms with Crippen LogP contribution in [0.3, 0.4) is 0 Å². The third-order valence-electron chi connectivity index (χ3n) is 4.79. The normalized spacial score (nSPS) is 11.3. The molecule has 0 amide bonds. The zero-order valence-corrected chi connectivity index (χ0v) is 15.1. The first-order valence-corrected chi connectivity index (χ1v) is 9.13. The number of hydrogen-bond donors (Lipinski definition) is 0. The Hall–Kier alpha value is -3.73. The molecule has 0 spiro atoms. The Morgan fingerprint density at radius 1 is 0.821 bits per heavy atom. The fourth-order valence-corrected chi connectivity index (χ4v) is 3.46. The molecular weight excluding hydrogens is 350 g/mol. The monoisotopic (exact) mass is 367 g/mol. The minimum atomic E-state index is -0.304. The molecule has 136 valence electrons. The highest BCUT2D eigenvalue weighted by Gasteiger charge is 2.17. The van der Waals surface area contributed by atoms with Crippen LogP contribution in [0.2, 0.25) is 0 Å². The molecule has 0 fully saturated rings. The first-order valence-electron chi connectivity index (χ1n) is 9.13. The van der Waals surface area contributed by atoms with Crippen molar-refractivity contribution in [3.63, 3.8) is 0 Å². The number of ether oxygens (including phenoxy) is 1. The van der Waals surface area contributed by atoms with Crippen LogP contribution in [-0.4, -0.2) is 20.5 Å². The van der Waals surface area contributed by atoms with Crippen LogP contribution in [0.4, 0.5) is 0 Å². The molecular formula is C23H17N3O2. The lowest BCUT2D eigenvalue weighted by Crippen LogP contribution is -2.13. The predicted molar refractivity (Wildman–Crippen MR) is 109 cm³/mol. The quantitative estimate of drug-likeness (QED) is 0.440. The van der Waals surface area contributed by atoms with E-state index in [1.54, 1.807) is 0 Å². The van der Waals surface area contributed by atoms with E-state index in [0.29, 0.717) is 5.65 Å². The van der Waals surface area contributed by atoms with Crippen LogP contribution in [0, 0.1) is 0 Å². The smallest absolute Gasteiger partial charge is 0.326 e. The van der Waals surface area contributed by atoms with Gasteiger partial charge in [0.15, 0.2) is 5.65 Å². The fraction of sp³-hybridized carbons (Fsp3) is 0.0870. The van der Waals surface area contributed by atoms with E-state index in [4.69, 9.17) is 14.7 Å². The molecule has 5 nitrogen and oxygen atoms in total. The van der Waals surface area contributed by atoms with Crippen molar-refractivity contribution in [2.45, 2.75) is 13.2 Å². The maximum Gasteiger partial charge on any atom is 0.326 e. The van der Waals surface area contributed by atoms with Crippen LogP contribution >= 0.6 is 0 Å². The van der Waals surface area contributed by atoms with Crippen LogP contribution in [-0.2, 0) is 22.7 Å². The van der Waals surface area contributed by atoms with Crippen molar-refractivity contribution in [1.82, 2.24) is 14.5 Å². The summed E-state index contributed by atoms with van der Waals surface area (Å²) in [6, 6.07) is 25.3. The van der Waals surface area contributed by atoms with Crippen molar-refractivity contribution in [3.05, 3.63) is 84.4 Å². The standard InChI is InChI=1S/C23H17N3O2/c27-21(28-15-16-8-2-1-3-9-16)14-26-20-13-7-4-10-17(20)22-23(26)25-19-12-6-5-11-18(19)24-22/h1-13H,14-15H2. The second-order valence-electron chi connectivity index (χ2n) is 6.63. The van der Waals surface area contributed by atoms with Crippen LogP contribution < -0.4 is 0 Å². The molecule has 5 heteroatoms. The molecule has 0 saturated heterocycles. The van der Waals surface area contributed by atoms with Crippen molar-refractivity contribution in [2.75, 3.05) is 0 Å². The molecule has 0 saturated carbocycles. The number of aromatic nitrogens is 3. The van der Waals surface area contributed by atoms with Crippen molar-refractivity contribution in [1.29, 1.82) is 0 Å². The Labute approximate surface area is 161 Å². The van der Waals surface area contributed by atoms with E-state index in [2.05, 4.69) is 0 Å². The lowest BCUT2D eigenvalue weighted by Gasteiger charge is -2.08. The molecule has 5 aromatic rings. The topological polar surface area (TPSA) is 57.0 Å². The van der Waals surface area contributed by atoms with Gasteiger partial charge in [-0.2, -0.15) is 0 Å². The van der Waals surface area contributed by atoms with E-state index in [1.165, 1.54) is 0 Å². The number of hydrogen-bond acceptors (Lipinski definition) is 4. The molecule has 0 aliphatic heterocycles. The van der Waals surface area contributed by atoms with E-state index in [1.807, 2.05) is 83.4 Å². The van der Waals surface area contributed by atoms with Gasteiger partial charge in [-0.1, -0.05) is 60.7 Å². The summed E-state index contributed by atoms with van der Waals surface area (Å²) in [5, 5.41) is 0.978. The number of para-hydroxylation sites is 3. The molecule has 0 unspecified atom stereocenters. The number of esters is 1. The van der Waals surface area contributed by atoms with E-state index < -0.39 is 0 Å². The number of fused-ring (bicyclic) bond motifs is 4. The van der Waals surface area contributed by atoms with E-state index in [9.17, 15) is 4.79 Å². The van der Waals surface area contributed by atoms with Gasteiger partial charge in [-0.25, -0.2) is 9.97 Å². The average molecular weight is 367 g/mol. The van der Waals surface area contributed by atoms with E-state index in [-0.39, 0.29) is 19.1 Å². The second-order valence-corrected chi connectivity index (χ2v) is 6.63. The molecule has 2 heterocycles. The summed E-state index contributed by atoms with van der Waals surface area (Å²) in [6.07, 6.45) is 0. The Morgan fingerprint density at radius 3 is 2.32 bits per heavy atom. The van der Waals surface area contributed by atoms with Crippen molar-refractivity contribution < 1.29 is 9.53 Å². The Kier molecular flexibility index (Phi) is 3.98. The molecule has 0 N–H and O–H groups in total. The van der Waals surface area contributed by atoms with Gasteiger partial charge in [0, 0.05) is 5.39 Å². The minimum Gasteiger partial charge on any atom is -0.459 e. The van der Waals surface area contributed by atoms with Gasteiger partial charge in [-0.05, 0) is 23.8 Å². The molecule has 28 heavy (non-hydrogen) atoms. The molecule has 0 atom stereocenters. The van der Waals surface area contributed by atoms with Gasteiger partial charge in [0.25, 0.3) is 0 Å². The van der Waals surface area contributed by atoms with Gasteiger partial charge in [0.1, 0.15) is 18.7 Å². The predicted octanol–water partition coefficient (Wildman–Crippen LogP) is 4.48.